The molecule has 2 amide bonds. The lowest BCUT2D eigenvalue weighted by Gasteiger charge is -2.22. The first-order valence-corrected chi connectivity index (χ1v) is 8.94. The number of ether oxygens (including phenoxy) is 1. The van der Waals surface area contributed by atoms with Crippen LogP contribution < -0.4 is 15.4 Å². The maximum atomic E-state index is 12.6. The van der Waals surface area contributed by atoms with Gasteiger partial charge in [0.15, 0.2) is 0 Å². The van der Waals surface area contributed by atoms with Crippen LogP contribution in [0.3, 0.4) is 0 Å². The summed E-state index contributed by atoms with van der Waals surface area (Å²) in [4.78, 5) is 31.1. The highest BCUT2D eigenvalue weighted by Gasteiger charge is 2.37. The van der Waals surface area contributed by atoms with Gasteiger partial charge in [0, 0.05) is 49.1 Å². The zero-order valence-electron chi connectivity index (χ0n) is 15.5. The number of methoxy groups -OCH3 is 1. The molecule has 3 rings (SSSR count). The SMILES string of the molecule is CCNC(=O)C1CC(NC(=O)c2ccnc(OC)c2)CN1Cc1ccoc1. The summed E-state index contributed by atoms with van der Waals surface area (Å²) in [6.45, 7) is 3.64. The molecule has 0 spiro atoms. The lowest BCUT2D eigenvalue weighted by Crippen LogP contribution is -2.42. The van der Waals surface area contributed by atoms with Crippen molar-refractivity contribution in [2.45, 2.75) is 32.0 Å². The molecule has 2 aromatic rings. The van der Waals surface area contributed by atoms with E-state index in [1.165, 1.54) is 13.3 Å². The van der Waals surface area contributed by atoms with Gasteiger partial charge < -0.3 is 19.8 Å². The lowest BCUT2D eigenvalue weighted by molar-refractivity contribution is -0.125. The van der Waals surface area contributed by atoms with E-state index in [9.17, 15) is 9.59 Å². The lowest BCUT2D eigenvalue weighted by atomic mass is 10.1. The van der Waals surface area contributed by atoms with E-state index in [-0.39, 0.29) is 23.9 Å². The van der Waals surface area contributed by atoms with Crippen LogP contribution in [0.25, 0.3) is 0 Å². The second kappa shape index (κ2) is 8.68. The molecule has 3 heterocycles. The molecule has 0 aromatic carbocycles. The zero-order valence-corrected chi connectivity index (χ0v) is 15.5. The highest BCUT2D eigenvalue weighted by molar-refractivity contribution is 5.94. The molecule has 0 radical (unpaired) electrons. The summed E-state index contributed by atoms with van der Waals surface area (Å²) in [6.07, 6.45) is 5.37. The van der Waals surface area contributed by atoms with Crippen LogP contribution in [0.4, 0.5) is 0 Å². The van der Waals surface area contributed by atoms with Gasteiger partial charge in [-0.2, -0.15) is 0 Å². The summed E-state index contributed by atoms with van der Waals surface area (Å²) in [6, 6.07) is 4.68. The van der Waals surface area contributed by atoms with E-state index in [0.29, 0.717) is 37.5 Å². The second-order valence-electron chi connectivity index (χ2n) is 6.46. The number of aromatic nitrogens is 1. The summed E-state index contributed by atoms with van der Waals surface area (Å²) < 4.78 is 10.2. The van der Waals surface area contributed by atoms with Gasteiger partial charge in [0.25, 0.3) is 5.91 Å². The number of furan rings is 1. The van der Waals surface area contributed by atoms with Crippen molar-refractivity contribution in [3.8, 4) is 5.88 Å². The van der Waals surface area contributed by atoms with Gasteiger partial charge in [-0.15, -0.1) is 0 Å². The fourth-order valence-electron chi connectivity index (χ4n) is 3.30. The molecular formula is C19H24N4O4. The zero-order chi connectivity index (χ0) is 19.2. The van der Waals surface area contributed by atoms with Crippen molar-refractivity contribution in [2.75, 3.05) is 20.2 Å². The quantitative estimate of drug-likeness (QED) is 0.758. The van der Waals surface area contributed by atoms with E-state index >= 15 is 0 Å². The average Bonchev–Trinajstić information content (AvgIpc) is 3.32. The third-order valence-corrected chi connectivity index (χ3v) is 4.56. The van der Waals surface area contributed by atoms with Crippen LogP contribution in [0.15, 0.2) is 41.3 Å². The van der Waals surface area contributed by atoms with Crippen molar-refractivity contribution in [3.63, 3.8) is 0 Å². The molecule has 1 fully saturated rings. The first-order valence-electron chi connectivity index (χ1n) is 8.94. The monoisotopic (exact) mass is 372 g/mol. The van der Waals surface area contributed by atoms with Crippen LogP contribution in [0.2, 0.25) is 0 Å². The molecule has 144 valence electrons. The normalized spacial score (nSPS) is 19.6. The first kappa shape index (κ1) is 18.9. The molecule has 0 bridgehead atoms. The highest BCUT2D eigenvalue weighted by Crippen LogP contribution is 2.22. The molecule has 1 aliphatic rings. The number of carbonyl (C=O) groups excluding carboxylic acids is 2. The number of hydrogen-bond acceptors (Lipinski definition) is 6. The molecule has 8 nitrogen and oxygen atoms in total. The van der Waals surface area contributed by atoms with Crippen LogP contribution in [0.5, 0.6) is 5.88 Å². The van der Waals surface area contributed by atoms with Gasteiger partial charge >= 0.3 is 0 Å². The Morgan fingerprint density at radius 3 is 2.96 bits per heavy atom. The third kappa shape index (κ3) is 4.65. The number of carbonyl (C=O) groups is 2. The summed E-state index contributed by atoms with van der Waals surface area (Å²) in [5.74, 6) is 0.152. The molecule has 2 N–H and O–H groups in total. The van der Waals surface area contributed by atoms with E-state index in [2.05, 4.69) is 20.5 Å². The number of likely N-dealkylation sites (tertiary alicyclic amines) is 1. The van der Waals surface area contributed by atoms with Crippen molar-refractivity contribution >= 4 is 11.8 Å². The van der Waals surface area contributed by atoms with Crippen molar-refractivity contribution in [3.05, 3.63) is 48.0 Å². The number of amides is 2. The number of pyridine rings is 1. The Kier molecular flexibility index (Phi) is 6.08. The van der Waals surface area contributed by atoms with Crippen molar-refractivity contribution in [1.82, 2.24) is 20.5 Å². The Bertz CT molecular complexity index is 778. The van der Waals surface area contributed by atoms with Gasteiger partial charge in [-0.25, -0.2) is 4.98 Å². The number of rotatable bonds is 7. The minimum absolute atomic E-state index is 0.0247. The Morgan fingerprint density at radius 1 is 1.41 bits per heavy atom. The van der Waals surface area contributed by atoms with Gasteiger partial charge in [-0.05, 0) is 25.5 Å². The van der Waals surface area contributed by atoms with Gasteiger partial charge in [0.2, 0.25) is 11.8 Å². The van der Waals surface area contributed by atoms with Gasteiger partial charge in [-0.1, -0.05) is 0 Å². The summed E-state index contributed by atoms with van der Waals surface area (Å²) >= 11 is 0. The third-order valence-electron chi connectivity index (χ3n) is 4.56. The van der Waals surface area contributed by atoms with Crippen molar-refractivity contribution in [2.24, 2.45) is 0 Å². The standard InChI is InChI=1S/C19H24N4O4/c1-3-20-19(25)16-9-15(11-23(16)10-13-5-7-27-12-13)22-18(24)14-4-6-21-17(8-14)26-2/h4-8,12,15-16H,3,9-11H2,1-2H3,(H,20,25)(H,22,24). The number of nitrogens with zero attached hydrogens (tertiary/aromatic N) is 2. The fraction of sp³-hybridized carbons (Fsp3) is 0.421. The van der Waals surface area contributed by atoms with E-state index in [1.807, 2.05) is 13.0 Å². The molecule has 2 aromatic heterocycles. The maximum absolute atomic E-state index is 12.6. The van der Waals surface area contributed by atoms with Crippen molar-refractivity contribution in [1.29, 1.82) is 0 Å². The Labute approximate surface area is 157 Å². The van der Waals surface area contributed by atoms with Crippen LogP contribution in [0, 0.1) is 0 Å². The number of likely N-dealkylation sites (N-methyl/N-ethyl adjacent to an activating group) is 1. The van der Waals surface area contributed by atoms with E-state index in [0.717, 1.165) is 5.56 Å². The predicted molar refractivity (Wildman–Crippen MR) is 98.2 cm³/mol. The summed E-state index contributed by atoms with van der Waals surface area (Å²) in [7, 11) is 1.51. The number of hydrogen-bond donors (Lipinski definition) is 2. The smallest absolute Gasteiger partial charge is 0.251 e. The summed E-state index contributed by atoms with van der Waals surface area (Å²) in [5.41, 5.74) is 1.47. The van der Waals surface area contributed by atoms with Gasteiger partial charge in [0.05, 0.1) is 25.7 Å². The van der Waals surface area contributed by atoms with Crippen LogP contribution in [0.1, 0.15) is 29.3 Å². The maximum Gasteiger partial charge on any atom is 0.251 e. The van der Waals surface area contributed by atoms with Crippen LogP contribution in [-0.4, -0.2) is 54.0 Å². The molecule has 0 aliphatic carbocycles. The fourth-order valence-corrected chi connectivity index (χ4v) is 3.30. The molecule has 2 atom stereocenters. The Balaban J connectivity index is 1.68. The van der Waals surface area contributed by atoms with Crippen molar-refractivity contribution < 1.29 is 18.7 Å². The second-order valence-corrected chi connectivity index (χ2v) is 6.46. The van der Waals surface area contributed by atoms with Crippen LogP contribution in [-0.2, 0) is 11.3 Å². The molecule has 1 saturated heterocycles. The van der Waals surface area contributed by atoms with E-state index in [1.54, 1.807) is 24.7 Å². The molecule has 2 unspecified atom stereocenters. The van der Waals surface area contributed by atoms with Crippen LogP contribution >= 0.6 is 0 Å². The van der Waals surface area contributed by atoms with Gasteiger partial charge in [0.1, 0.15) is 0 Å². The molecule has 1 aliphatic heterocycles. The minimum atomic E-state index is -0.294. The summed E-state index contributed by atoms with van der Waals surface area (Å²) in [5, 5.41) is 5.89. The molecule has 0 saturated carbocycles. The van der Waals surface area contributed by atoms with Gasteiger partial charge in [-0.3, -0.25) is 14.5 Å². The van der Waals surface area contributed by atoms with E-state index in [4.69, 9.17) is 9.15 Å². The molecular weight excluding hydrogens is 348 g/mol. The Hall–Kier alpha value is -2.87. The first-order chi connectivity index (χ1) is 13.1. The van der Waals surface area contributed by atoms with E-state index < -0.39 is 0 Å². The molecule has 8 heteroatoms. The number of nitrogens with one attached hydrogen (secondary N) is 2. The largest absolute Gasteiger partial charge is 0.481 e. The average molecular weight is 372 g/mol. The molecule has 27 heavy (non-hydrogen) atoms. The topological polar surface area (TPSA) is 96.7 Å². The predicted octanol–water partition coefficient (Wildman–Crippen LogP) is 1.19. The minimum Gasteiger partial charge on any atom is -0.481 e. The Morgan fingerprint density at radius 2 is 2.26 bits per heavy atom. The highest BCUT2D eigenvalue weighted by atomic mass is 16.5.